The van der Waals surface area contributed by atoms with Crippen molar-refractivity contribution in [3.8, 4) is 0 Å². The van der Waals surface area contributed by atoms with Gasteiger partial charge in [0.2, 0.25) is 5.91 Å². The van der Waals surface area contributed by atoms with Crippen molar-refractivity contribution >= 4 is 17.9 Å². The molecule has 0 aliphatic heterocycles. The van der Waals surface area contributed by atoms with Crippen LogP contribution in [0.1, 0.15) is 39.5 Å². The van der Waals surface area contributed by atoms with Gasteiger partial charge in [-0.05, 0) is 12.3 Å². The third kappa shape index (κ3) is 9.87. The van der Waals surface area contributed by atoms with E-state index in [-0.39, 0.29) is 0 Å². The third-order valence-corrected chi connectivity index (χ3v) is 2.50. The van der Waals surface area contributed by atoms with E-state index in [0.717, 1.165) is 19.3 Å². The number of rotatable bonds is 9. The number of carbonyl (C=O) groups excluding carboxylic acids is 2. The maximum atomic E-state index is 11.4. The van der Waals surface area contributed by atoms with Gasteiger partial charge in [0.05, 0.1) is 6.42 Å². The van der Waals surface area contributed by atoms with Crippen molar-refractivity contribution < 1.29 is 19.5 Å². The summed E-state index contributed by atoms with van der Waals surface area (Å²) in [4.78, 5) is 32.8. The fourth-order valence-electron chi connectivity index (χ4n) is 1.49. The number of aliphatic carboxylic acids is 1. The minimum atomic E-state index is -1.28. The Kier molecular flexibility index (Phi) is 8.32. The van der Waals surface area contributed by atoms with Crippen molar-refractivity contribution in [3.63, 3.8) is 0 Å². The second-order valence-corrected chi connectivity index (χ2v) is 4.85. The summed E-state index contributed by atoms with van der Waals surface area (Å²) >= 11 is 0. The maximum Gasteiger partial charge on any atom is 0.326 e. The van der Waals surface area contributed by atoms with Gasteiger partial charge in [-0.15, -0.1) is 0 Å². The maximum absolute atomic E-state index is 11.4. The molecule has 0 radical (unpaired) electrons. The number of nitrogens with one attached hydrogen (secondary N) is 2. The van der Waals surface area contributed by atoms with Gasteiger partial charge < -0.3 is 21.5 Å². The Morgan fingerprint density at radius 3 is 2.32 bits per heavy atom. The fourth-order valence-corrected chi connectivity index (χ4v) is 1.49. The molecule has 110 valence electrons. The van der Waals surface area contributed by atoms with E-state index < -0.39 is 30.4 Å². The molecular weight excluding hydrogens is 250 g/mol. The number of hydrogen-bond acceptors (Lipinski definition) is 3. The number of unbranched alkanes of at least 4 members (excludes halogenated alkanes) is 1. The summed E-state index contributed by atoms with van der Waals surface area (Å²) in [6.07, 6.45) is 2.50. The summed E-state index contributed by atoms with van der Waals surface area (Å²) in [7, 11) is 0. The largest absolute Gasteiger partial charge is 0.480 e. The lowest BCUT2D eigenvalue weighted by molar-refractivity contribution is -0.140. The van der Waals surface area contributed by atoms with E-state index >= 15 is 0 Å². The number of primary amides is 1. The lowest BCUT2D eigenvalue weighted by Gasteiger charge is -2.13. The molecule has 1 atom stereocenters. The first-order chi connectivity index (χ1) is 8.82. The molecule has 7 nitrogen and oxygen atoms in total. The van der Waals surface area contributed by atoms with E-state index in [0.29, 0.717) is 12.5 Å². The van der Waals surface area contributed by atoms with Crippen molar-refractivity contribution in [3.05, 3.63) is 0 Å². The number of urea groups is 1. The van der Waals surface area contributed by atoms with E-state index in [1.807, 2.05) is 0 Å². The van der Waals surface area contributed by atoms with Crippen LogP contribution in [0, 0.1) is 5.92 Å². The van der Waals surface area contributed by atoms with Gasteiger partial charge in [0, 0.05) is 6.54 Å². The number of hydrogen-bond donors (Lipinski definition) is 4. The molecule has 19 heavy (non-hydrogen) atoms. The number of carbonyl (C=O) groups is 3. The second-order valence-electron chi connectivity index (χ2n) is 4.85. The standard InChI is InChI=1S/C12H23N3O4/c1-8(2)5-3-4-6-14-12(19)15-9(11(17)18)7-10(13)16/h8-9H,3-7H2,1-2H3,(H2,13,16)(H,17,18)(H2,14,15,19)/t9-/m0/s1. The molecule has 0 heterocycles. The minimum absolute atomic E-state index is 0.421. The van der Waals surface area contributed by atoms with Gasteiger partial charge in [0.15, 0.2) is 0 Å². The molecule has 0 aromatic heterocycles. The molecule has 0 aromatic carbocycles. The van der Waals surface area contributed by atoms with Crippen LogP contribution in [-0.4, -0.2) is 35.6 Å². The minimum Gasteiger partial charge on any atom is -0.480 e. The van der Waals surface area contributed by atoms with Crippen molar-refractivity contribution in [2.24, 2.45) is 11.7 Å². The highest BCUT2D eigenvalue weighted by molar-refractivity contribution is 5.87. The van der Waals surface area contributed by atoms with Gasteiger partial charge in [-0.25, -0.2) is 9.59 Å². The van der Waals surface area contributed by atoms with Gasteiger partial charge in [0.1, 0.15) is 6.04 Å². The summed E-state index contributed by atoms with van der Waals surface area (Å²) in [5.41, 5.74) is 4.90. The van der Waals surface area contributed by atoms with Crippen molar-refractivity contribution in [2.75, 3.05) is 6.54 Å². The van der Waals surface area contributed by atoms with Gasteiger partial charge in [-0.2, -0.15) is 0 Å². The van der Waals surface area contributed by atoms with E-state index in [1.54, 1.807) is 0 Å². The topological polar surface area (TPSA) is 122 Å². The molecule has 0 spiro atoms. The molecule has 0 fully saturated rings. The summed E-state index contributed by atoms with van der Waals surface area (Å²) in [5, 5.41) is 13.5. The molecule has 0 bridgehead atoms. The first kappa shape index (κ1) is 17.2. The van der Waals surface area contributed by atoms with Crippen LogP contribution in [0.4, 0.5) is 4.79 Å². The van der Waals surface area contributed by atoms with E-state index in [1.165, 1.54) is 0 Å². The number of carboxylic acids is 1. The van der Waals surface area contributed by atoms with Gasteiger partial charge in [0.25, 0.3) is 0 Å². The molecule has 0 saturated heterocycles. The Balaban J connectivity index is 3.87. The molecule has 0 aliphatic carbocycles. The molecule has 5 N–H and O–H groups in total. The first-order valence-electron chi connectivity index (χ1n) is 6.38. The highest BCUT2D eigenvalue weighted by Crippen LogP contribution is 2.04. The smallest absolute Gasteiger partial charge is 0.326 e. The third-order valence-electron chi connectivity index (χ3n) is 2.50. The summed E-state index contributed by atoms with van der Waals surface area (Å²) in [6, 6.07) is -1.88. The fraction of sp³-hybridized carbons (Fsp3) is 0.750. The SMILES string of the molecule is CC(C)CCCCNC(=O)N[C@@H](CC(N)=O)C(=O)O. The summed E-state index contributed by atoms with van der Waals surface area (Å²) in [5.74, 6) is -1.43. The number of carboxylic acid groups (broad SMARTS) is 1. The lowest BCUT2D eigenvalue weighted by Crippen LogP contribution is -2.47. The van der Waals surface area contributed by atoms with E-state index in [9.17, 15) is 14.4 Å². The average molecular weight is 273 g/mol. The predicted octanol–water partition coefficient (Wildman–Crippen LogP) is 0.441. The van der Waals surface area contributed by atoms with Crippen molar-refractivity contribution in [2.45, 2.75) is 45.6 Å². The van der Waals surface area contributed by atoms with Crippen LogP contribution >= 0.6 is 0 Å². The zero-order valence-electron chi connectivity index (χ0n) is 11.4. The predicted molar refractivity (Wildman–Crippen MR) is 70.5 cm³/mol. The molecular formula is C12H23N3O4. The number of nitrogens with two attached hydrogens (primary N) is 1. The normalized spacial score (nSPS) is 11.9. The molecule has 0 unspecified atom stereocenters. The van der Waals surface area contributed by atoms with E-state index in [4.69, 9.17) is 10.8 Å². The number of amides is 3. The Bertz CT molecular complexity index is 318. The summed E-state index contributed by atoms with van der Waals surface area (Å²) in [6.45, 7) is 4.73. The Hall–Kier alpha value is -1.79. The van der Waals surface area contributed by atoms with Gasteiger partial charge in [-0.1, -0.05) is 26.7 Å². The van der Waals surface area contributed by atoms with Crippen LogP contribution in [-0.2, 0) is 9.59 Å². The highest BCUT2D eigenvalue weighted by atomic mass is 16.4. The molecule has 0 saturated carbocycles. The van der Waals surface area contributed by atoms with E-state index in [2.05, 4.69) is 24.5 Å². The van der Waals surface area contributed by atoms with Crippen LogP contribution in [0.25, 0.3) is 0 Å². The van der Waals surface area contributed by atoms with Crippen molar-refractivity contribution in [1.82, 2.24) is 10.6 Å². The van der Waals surface area contributed by atoms with Crippen LogP contribution in [0.15, 0.2) is 0 Å². The van der Waals surface area contributed by atoms with Crippen LogP contribution in [0.5, 0.6) is 0 Å². The van der Waals surface area contributed by atoms with Crippen molar-refractivity contribution in [1.29, 1.82) is 0 Å². The highest BCUT2D eigenvalue weighted by Gasteiger charge is 2.21. The molecule has 0 aliphatic rings. The zero-order valence-corrected chi connectivity index (χ0v) is 11.4. The molecule has 0 aromatic rings. The second kappa shape index (κ2) is 9.18. The quantitative estimate of drug-likeness (QED) is 0.455. The van der Waals surface area contributed by atoms with Crippen LogP contribution in [0.2, 0.25) is 0 Å². The van der Waals surface area contributed by atoms with Crippen LogP contribution in [0.3, 0.4) is 0 Å². The lowest BCUT2D eigenvalue weighted by atomic mass is 10.1. The Morgan fingerprint density at radius 2 is 1.84 bits per heavy atom. The molecule has 7 heteroatoms. The summed E-state index contributed by atoms with van der Waals surface area (Å²) < 4.78 is 0. The molecule has 0 rings (SSSR count). The zero-order chi connectivity index (χ0) is 14.8. The molecule has 3 amide bonds. The first-order valence-corrected chi connectivity index (χ1v) is 6.38. The average Bonchev–Trinajstić information content (AvgIpc) is 2.26. The monoisotopic (exact) mass is 273 g/mol. The van der Waals surface area contributed by atoms with Gasteiger partial charge >= 0.3 is 12.0 Å². The van der Waals surface area contributed by atoms with Gasteiger partial charge in [-0.3, -0.25) is 4.79 Å². The Labute approximate surface area is 112 Å². The Morgan fingerprint density at radius 1 is 1.21 bits per heavy atom. The van der Waals surface area contributed by atoms with Crippen LogP contribution < -0.4 is 16.4 Å².